The number of aliphatic hydroxyl groups is 1. The number of carbonyl (C=O) groups is 2. The third-order valence-electron chi connectivity index (χ3n) is 14.7. The zero-order chi connectivity index (χ0) is 50.8. The lowest BCUT2D eigenvalue weighted by molar-refractivity contribution is -0.384. The van der Waals surface area contributed by atoms with E-state index in [1.165, 1.54) is 33.7 Å². The number of nitro groups is 1. The quantitative estimate of drug-likeness (QED) is 0.0399. The number of hydrogen-bond donors (Lipinski definition) is 4. The molecule has 3 unspecified atom stereocenters. The third kappa shape index (κ3) is 13.9. The molecule has 3 heterocycles. The van der Waals surface area contributed by atoms with Crippen LogP contribution in [0, 0.1) is 15.5 Å². The Hall–Kier alpha value is -5.21. The van der Waals surface area contributed by atoms with E-state index in [2.05, 4.69) is 48.7 Å². The van der Waals surface area contributed by atoms with Crippen molar-refractivity contribution < 1.29 is 33.1 Å². The highest BCUT2D eigenvalue weighted by Gasteiger charge is 2.36. The number of piperidine rings is 1. The molecule has 8 rings (SSSR count). The lowest BCUT2D eigenvalue weighted by Gasteiger charge is -2.44. The predicted octanol–water partition coefficient (Wildman–Crippen LogP) is 8.24. The number of carbonyl (C=O) groups excluding carboxylic acids is 1. The molecule has 0 bridgehead atoms. The lowest BCUT2D eigenvalue weighted by Crippen LogP contribution is -2.51. The van der Waals surface area contributed by atoms with Gasteiger partial charge in [-0.25, -0.2) is 17.9 Å². The summed E-state index contributed by atoms with van der Waals surface area (Å²) in [5, 5.41) is 36.0. The molecule has 0 radical (unpaired) electrons. The molecule has 4 N–H and O–H groups in total. The molecule has 16 nitrogen and oxygen atoms in total. The van der Waals surface area contributed by atoms with Crippen LogP contribution in [-0.4, -0.2) is 158 Å². The smallest absolute Gasteiger partial charge is 0.407 e. The number of carboxylic acid groups (broad SMARTS) is 1. The number of rotatable bonds is 19. The number of nitro benzene ring substituents is 1. The normalized spacial score (nSPS) is 21.1. The minimum Gasteiger partial charge on any atom is -0.465 e. The Labute approximate surface area is 432 Å². The van der Waals surface area contributed by atoms with E-state index < -0.39 is 37.5 Å². The summed E-state index contributed by atoms with van der Waals surface area (Å²) in [7, 11) is -4.50. The van der Waals surface area contributed by atoms with Gasteiger partial charge in [0.15, 0.2) is 0 Å². The van der Waals surface area contributed by atoms with Gasteiger partial charge in [-0.15, -0.1) is 11.8 Å². The topological polar surface area (TPSA) is 192 Å². The molecular weight excluding hydrogens is 976 g/mol. The van der Waals surface area contributed by atoms with E-state index in [1.54, 1.807) is 23.9 Å². The van der Waals surface area contributed by atoms with Crippen molar-refractivity contribution in [2.75, 3.05) is 101 Å². The zero-order valence-electron chi connectivity index (χ0n) is 41.0. The van der Waals surface area contributed by atoms with Crippen molar-refractivity contribution >= 4 is 68.0 Å². The molecule has 3 saturated heterocycles. The van der Waals surface area contributed by atoms with Gasteiger partial charge in [-0.2, -0.15) is 0 Å². The van der Waals surface area contributed by atoms with Crippen molar-refractivity contribution in [3.63, 3.8) is 0 Å². The Morgan fingerprint density at radius 1 is 0.903 bits per heavy atom. The van der Waals surface area contributed by atoms with Crippen LogP contribution in [0.5, 0.6) is 0 Å². The van der Waals surface area contributed by atoms with E-state index in [-0.39, 0.29) is 35.4 Å². The highest BCUT2D eigenvalue weighted by Crippen LogP contribution is 2.44. The first kappa shape index (κ1) is 53.1. The van der Waals surface area contributed by atoms with Gasteiger partial charge < -0.3 is 25.3 Å². The second-order valence-electron chi connectivity index (χ2n) is 19.9. The fourth-order valence-electron chi connectivity index (χ4n) is 10.7. The third-order valence-corrected chi connectivity index (χ3v) is 17.5. The van der Waals surface area contributed by atoms with Gasteiger partial charge in [-0.1, -0.05) is 60.9 Å². The minimum atomic E-state index is -4.50. The Morgan fingerprint density at radius 3 is 2.29 bits per heavy atom. The van der Waals surface area contributed by atoms with Crippen molar-refractivity contribution in [2.45, 2.75) is 73.7 Å². The number of nitrogens with one attached hydrogen (secondary N) is 2. The molecule has 1 aliphatic carbocycles. The highest BCUT2D eigenvalue weighted by atomic mass is 35.5. The van der Waals surface area contributed by atoms with Gasteiger partial charge in [0.2, 0.25) is 0 Å². The number of aliphatic hydroxyl groups excluding tert-OH is 1. The van der Waals surface area contributed by atoms with E-state index in [4.69, 9.17) is 11.6 Å². The van der Waals surface area contributed by atoms with Crippen LogP contribution in [0.25, 0.3) is 5.57 Å². The number of thioether (sulfide) groups is 1. The van der Waals surface area contributed by atoms with Crippen LogP contribution in [-0.2, 0) is 10.0 Å². The molecule has 4 aliphatic rings. The molecular formula is C53H67ClN8O8S2. The monoisotopic (exact) mass is 1040 g/mol. The molecule has 0 aromatic heterocycles. The minimum absolute atomic E-state index is 0.0531. The SMILES string of the molecule is CC1(CN2CCN(C(=O)O)CC2)CCC(c2ccc(Cl)cc2)=C(CN2CCN(c3ccc(C(=O)NS(=O)(=O)c4ccc(NC(CCN5CCCCC5CO)CSc5ccccc5)c([N+](=O)[O-])c4)cc3)CC2)C1. The molecule has 4 aromatic rings. The maximum atomic E-state index is 13.6. The summed E-state index contributed by atoms with van der Waals surface area (Å²) in [4.78, 5) is 48.4. The van der Waals surface area contributed by atoms with Crippen LogP contribution in [0.1, 0.15) is 67.8 Å². The first-order valence-corrected chi connectivity index (χ1v) is 27.9. The fourth-order valence-corrected chi connectivity index (χ4v) is 12.8. The van der Waals surface area contributed by atoms with Gasteiger partial charge in [0.25, 0.3) is 21.6 Å². The molecule has 386 valence electrons. The van der Waals surface area contributed by atoms with Gasteiger partial charge in [0.05, 0.1) is 16.4 Å². The second-order valence-corrected chi connectivity index (χ2v) is 23.1. The molecule has 3 atom stereocenters. The summed E-state index contributed by atoms with van der Waals surface area (Å²) in [6, 6.07) is 28.3. The standard InChI is InChI=1S/C53H67ClN8O8S2/c1-53(38-58-27-31-61(32-28-58)52(65)66)22-20-48(39-10-14-42(54)15-11-39)41(34-53)35-57-25-29-60(30-26-57)44-16-12-40(13-17-44)51(64)56-72(69,70)47-18-19-49(50(33-47)62(67)68)55-43(37-71-46-8-3-2-4-9-46)21-24-59-23-6-5-7-45(59)36-63/h2-4,8-19,33,43,45,55,63H,5-7,20-32,34-38H2,1H3,(H,56,64)(H,65,66). The van der Waals surface area contributed by atoms with E-state index in [1.807, 2.05) is 54.6 Å². The lowest BCUT2D eigenvalue weighted by atomic mass is 9.71. The molecule has 4 aromatic carbocycles. The number of piperazine rings is 2. The van der Waals surface area contributed by atoms with Gasteiger partial charge in [0, 0.05) is 117 Å². The average Bonchev–Trinajstić information content (AvgIpc) is 3.38. The van der Waals surface area contributed by atoms with Gasteiger partial charge in [0.1, 0.15) is 5.69 Å². The molecule has 2 amide bonds. The van der Waals surface area contributed by atoms with E-state index in [9.17, 15) is 38.3 Å². The van der Waals surface area contributed by atoms with Crippen molar-refractivity contribution in [1.82, 2.24) is 24.3 Å². The van der Waals surface area contributed by atoms with Crippen LogP contribution < -0.4 is 14.9 Å². The van der Waals surface area contributed by atoms with Gasteiger partial charge in [-0.3, -0.25) is 29.6 Å². The van der Waals surface area contributed by atoms with Crippen LogP contribution in [0.15, 0.2) is 112 Å². The number of likely N-dealkylation sites (tertiary alicyclic amines) is 1. The van der Waals surface area contributed by atoms with Gasteiger partial charge >= 0.3 is 6.09 Å². The number of sulfonamides is 1. The van der Waals surface area contributed by atoms with E-state index in [0.717, 1.165) is 114 Å². The Morgan fingerprint density at radius 2 is 1.61 bits per heavy atom. The van der Waals surface area contributed by atoms with Crippen LogP contribution in [0.4, 0.5) is 21.9 Å². The number of allylic oxidation sites excluding steroid dienone is 1. The number of amides is 2. The fraction of sp³-hybridized carbons (Fsp3) is 0.472. The maximum absolute atomic E-state index is 13.6. The molecule has 3 aliphatic heterocycles. The number of halogens is 1. The Bertz CT molecular complexity index is 2650. The number of anilines is 2. The zero-order valence-corrected chi connectivity index (χ0v) is 43.4. The summed E-state index contributed by atoms with van der Waals surface area (Å²) in [6.07, 6.45) is 5.76. The summed E-state index contributed by atoms with van der Waals surface area (Å²) in [6.45, 7) is 11.5. The Balaban J connectivity index is 0.877. The molecule has 0 saturated carbocycles. The summed E-state index contributed by atoms with van der Waals surface area (Å²) in [5.74, 6) is -0.255. The van der Waals surface area contributed by atoms with Crippen molar-refractivity contribution in [3.8, 4) is 0 Å². The summed E-state index contributed by atoms with van der Waals surface area (Å²) < 4.78 is 29.4. The molecule has 19 heteroatoms. The van der Waals surface area contributed by atoms with Crippen LogP contribution in [0.2, 0.25) is 5.02 Å². The molecule has 72 heavy (non-hydrogen) atoms. The van der Waals surface area contributed by atoms with Crippen molar-refractivity contribution in [3.05, 3.63) is 129 Å². The number of benzene rings is 4. The van der Waals surface area contributed by atoms with Gasteiger partial charge in [-0.05, 0) is 122 Å². The van der Waals surface area contributed by atoms with Crippen molar-refractivity contribution in [1.29, 1.82) is 0 Å². The largest absolute Gasteiger partial charge is 0.465 e. The van der Waals surface area contributed by atoms with Crippen LogP contribution >= 0.6 is 23.4 Å². The predicted molar refractivity (Wildman–Crippen MR) is 285 cm³/mol. The number of nitrogens with zero attached hydrogens (tertiary/aromatic N) is 6. The van der Waals surface area contributed by atoms with Crippen LogP contribution in [0.3, 0.4) is 0 Å². The summed E-state index contributed by atoms with van der Waals surface area (Å²) >= 11 is 7.92. The van der Waals surface area contributed by atoms with Crippen molar-refractivity contribution in [2.24, 2.45) is 5.41 Å². The maximum Gasteiger partial charge on any atom is 0.407 e. The highest BCUT2D eigenvalue weighted by molar-refractivity contribution is 7.99. The Kier molecular flexibility index (Phi) is 17.9. The van der Waals surface area contributed by atoms with E-state index >= 15 is 0 Å². The average molecular weight is 1040 g/mol. The number of hydrogen-bond acceptors (Lipinski definition) is 13. The first-order chi connectivity index (χ1) is 34.6. The first-order valence-electron chi connectivity index (χ1n) is 25.0. The summed E-state index contributed by atoms with van der Waals surface area (Å²) in [5.41, 5.74) is 4.85. The molecule has 3 fully saturated rings. The molecule has 0 spiro atoms. The van der Waals surface area contributed by atoms with E-state index in [0.29, 0.717) is 36.8 Å². The second kappa shape index (κ2) is 24.2.